The van der Waals surface area contributed by atoms with Crippen LogP contribution in [0.15, 0.2) is 45.7 Å². The Labute approximate surface area is 158 Å². The van der Waals surface area contributed by atoms with Crippen molar-refractivity contribution in [2.45, 2.75) is 25.0 Å². The van der Waals surface area contributed by atoms with Crippen molar-refractivity contribution in [3.05, 3.63) is 51.6 Å². The number of hydrogen-bond donors (Lipinski definition) is 1. The van der Waals surface area contributed by atoms with E-state index in [2.05, 4.69) is 10.3 Å². The number of aromatic nitrogens is 2. The maximum atomic E-state index is 12.7. The van der Waals surface area contributed by atoms with Crippen molar-refractivity contribution < 1.29 is 4.79 Å². The highest BCUT2D eigenvalue weighted by Crippen LogP contribution is 2.24. The summed E-state index contributed by atoms with van der Waals surface area (Å²) in [6, 6.07) is 10.8. The summed E-state index contributed by atoms with van der Waals surface area (Å²) >= 11 is 2.51. The first-order chi connectivity index (χ1) is 12.5. The zero-order valence-electron chi connectivity index (χ0n) is 14.2. The van der Waals surface area contributed by atoms with Gasteiger partial charge in [-0.3, -0.25) is 14.2 Å². The van der Waals surface area contributed by atoms with Gasteiger partial charge in [0, 0.05) is 6.04 Å². The Hall–Kier alpha value is -2.63. The van der Waals surface area contributed by atoms with Gasteiger partial charge < -0.3 is 5.32 Å². The second-order valence-electron chi connectivity index (χ2n) is 5.79. The summed E-state index contributed by atoms with van der Waals surface area (Å²) in [5.74, 6) is -0.146. The molecule has 0 aliphatic carbocycles. The lowest BCUT2D eigenvalue weighted by molar-refractivity contribution is -0.113. The van der Waals surface area contributed by atoms with Gasteiger partial charge in [-0.05, 0) is 37.4 Å². The number of hydrogen-bond acceptors (Lipinski definition) is 6. The summed E-state index contributed by atoms with van der Waals surface area (Å²) in [7, 11) is 0. The number of nitrogens with one attached hydrogen (secondary N) is 1. The molecule has 0 aliphatic rings. The topological polar surface area (TPSA) is 87.8 Å². The van der Waals surface area contributed by atoms with Crippen molar-refractivity contribution in [3.8, 4) is 6.07 Å². The minimum Gasteiger partial charge on any atom is -0.316 e. The zero-order chi connectivity index (χ0) is 18.7. The third-order valence-corrected chi connectivity index (χ3v) is 5.45. The van der Waals surface area contributed by atoms with Gasteiger partial charge in [0.1, 0.15) is 11.1 Å². The number of anilines is 1. The third-order valence-electron chi connectivity index (χ3n) is 3.66. The number of rotatable bonds is 5. The summed E-state index contributed by atoms with van der Waals surface area (Å²) in [4.78, 5) is 29.5. The Morgan fingerprint density at radius 2 is 2.15 bits per heavy atom. The Kier molecular flexibility index (Phi) is 5.40. The molecule has 0 bridgehead atoms. The third kappa shape index (κ3) is 3.64. The highest BCUT2D eigenvalue weighted by molar-refractivity contribution is 7.99. The van der Waals surface area contributed by atoms with Gasteiger partial charge in [0.2, 0.25) is 5.91 Å². The van der Waals surface area contributed by atoms with Crippen LogP contribution in [-0.4, -0.2) is 21.2 Å². The maximum absolute atomic E-state index is 12.7. The van der Waals surface area contributed by atoms with Crippen LogP contribution in [0.25, 0.3) is 10.9 Å². The number of benzene rings is 1. The lowest BCUT2D eigenvalue weighted by Gasteiger charge is -2.15. The first-order valence-electron chi connectivity index (χ1n) is 7.92. The molecule has 2 aromatic heterocycles. The molecule has 3 aromatic rings. The number of amides is 1. The minimum atomic E-state index is -0.244. The number of carbonyl (C=O) groups excluding carboxylic acids is 1. The number of para-hydroxylation sites is 1. The van der Waals surface area contributed by atoms with E-state index in [0.29, 0.717) is 26.6 Å². The number of thioether (sulfide) groups is 1. The molecule has 1 N–H and O–H groups in total. The van der Waals surface area contributed by atoms with Crippen LogP contribution in [0.4, 0.5) is 5.00 Å². The second-order valence-corrected chi connectivity index (χ2v) is 7.65. The molecule has 0 saturated heterocycles. The summed E-state index contributed by atoms with van der Waals surface area (Å²) < 4.78 is 1.60. The van der Waals surface area contributed by atoms with E-state index in [1.165, 1.54) is 23.1 Å². The van der Waals surface area contributed by atoms with Gasteiger partial charge in [0.15, 0.2) is 5.16 Å². The quantitative estimate of drug-likeness (QED) is 0.536. The highest BCUT2D eigenvalue weighted by atomic mass is 32.2. The van der Waals surface area contributed by atoms with E-state index in [1.807, 2.05) is 32.0 Å². The second kappa shape index (κ2) is 7.72. The minimum absolute atomic E-state index is 0.0762. The van der Waals surface area contributed by atoms with Crippen molar-refractivity contribution in [2.75, 3.05) is 11.1 Å². The Morgan fingerprint density at radius 3 is 2.88 bits per heavy atom. The molecule has 6 nitrogen and oxygen atoms in total. The van der Waals surface area contributed by atoms with E-state index < -0.39 is 0 Å². The Balaban J connectivity index is 1.84. The fraction of sp³-hybridized carbons (Fsp3) is 0.222. The predicted molar refractivity (Wildman–Crippen MR) is 105 cm³/mol. The molecule has 132 valence electrons. The molecule has 0 radical (unpaired) electrons. The van der Waals surface area contributed by atoms with Crippen molar-refractivity contribution in [1.82, 2.24) is 9.55 Å². The highest BCUT2D eigenvalue weighted by Gasteiger charge is 2.16. The van der Waals surface area contributed by atoms with E-state index in [0.717, 1.165) is 0 Å². The number of nitrogens with zero attached hydrogens (tertiary/aromatic N) is 3. The summed E-state index contributed by atoms with van der Waals surface area (Å²) in [6.07, 6.45) is 0. The van der Waals surface area contributed by atoms with E-state index in [-0.39, 0.29) is 23.3 Å². The molecular formula is C18H16N4O2S2. The molecule has 26 heavy (non-hydrogen) atoms. The first kappa shape index (κ1) is 18.2. The molecule has 2 heterocycles. The molecule has 1 amide bonds. The van der Waals surface area contributed by atoms with E-state index in [9.17, 15) is 9.59 Å². The fourth-order valence-corrected chi connectivity index (χ4v) is 4.15. The summed E-state index contributed by atoms with van der Waals surface area (Å²) in [6.45, 7) is 3.82. The average Bonchev–Trinajstić information content (AvgIpc) is 3.06. The van der Waals surface area contributed by atoms with E-state index in [4.69, 9.17) is 5.26 Å². The summed E-state index contributed by atoms with van der Waals surface area (Å²) in [5, 5.41) is 15.1. The van der Waals surface area contributed by atoms with Crippen LogP contribution < -0.4 is 10.9 Å². The van der Waals surface area contributed by atoms with Crippen LogP contribution in [-0.2, 0) is 4.79 Å². The monoisotopic (exact) mass is 384 g/mol. The van der Waals surface area contributed by atoms with Crippen LogP contribution in [0.3, 0.4) is 0 Å². The van der Waals surface area contributed by atoms with Crippen LogP contribution >= 0.6 is 23.1 Å². The molecular weight excluding hydrogens is 368 g/mol. The molecule has 0 fully saturated rings. The zero-order valence-corrected chi connectivity index (χ0v) is 15.9. The van der Waals surface area contributed by atoms with Crippen molar-refractivity contribution >= 4 is 44.9 Å². The number of nitriles is 1. The molecule has 0 saturated carbocycles. The van der Waals surface area contributed by atoms with Crippen molar-refractivity contribution in [1.29, 1.82) is 5.26 Å². The van der Waals surface area contributed by atoms with Crippen LogP contribution in [0.2, 0.25) is 0 Å². The SMILES string of the molecule is CC(C)n1c(SCC(=O)Nc2sccc2C#N)nc2ccccc2c1=O. The molecule has 0 atom stereocenters. The summed E-state index contributed by atoms with van der Waals surface area (Å²) in [5.41, 5.74) is 0.942. The van der Waals surface area contributed by atoms with Crippen LogP contribution in [0, 0.1) is 11.3 Å². The Morgan fingerprint density at radius 1 is 1.38 bits per heavy atom. The van der Waals surface area contributed by atoms with E-state index >= 15 is 0 Å². The molecule has 0 spiro atoms. The maximum Gasteiger partial charge on any atom is 0.262 e. The predicted octanol–water partition coefficient (Wildman–Crippen LogP) is 3.64. The smallest absolute Gasteiger partial charge is 0.262 e. The normalized spacial score (nSPS) is 10.8. The fourth-order valence-electron chi connectivity index (χ4n) is 2.47. The standard InChI is InChI=1S/C18H16N4O2S2/c1-11(2)22-17(24)13-5-3-4-6-14(13)20-18(22)26-10-15(23)21-16-12(9-19)7-8-25-16/h3-8,11H,10H2,1-2H3,(H,21,23). The van der Waals surface area contributed by atoms with Gasteiger partial charge in [-0.25, -0.2) is 4.98 Å². The van der Waals surface area contributed by atoms with Gasteiger partial charge in [-0.2, -0.15) is 5.26 Å². The molecule has 3 rings (SSSR count). The van der Waals surface area contributed by atoms with Crippen LogP contribution in [0.1, 0.15) is 25.5 Å². The van der Waals surface area contributed by atoms with Crippen molar-refractivity contribution in [2.24, 2.45) is 0 Å². The van der Waals surface area contributed by atoms with Gasteiger partial charge in [-0.15, -0.1) is 11.3 Å². The number of thiophene rings is 1. The first-order valence-corrected chi connectivity index (χ1v) is 9.79. The lowest BCUT2D eigenvalue weighted by atomic mass is 10.2. The molecule has 1 aromatic carbocycles. The molecule has 0 unspecified atom stereocenters. The van der Waals surface area contributed by atoms with E-state index in [1.54, 1.807) is 28.1 Å². The largest absolute Gasteiger partial charge is 0.316 e. The number of carbonyl (C=O) groups is 1. The van der Waals surface area contributed by atoms with Crippen LogP contribution in [0.5, 0.6) is 0 Å². The van der Waals surface area contributed by atoms with Gasteiger partial charge in [0.25, 0.3) is 5.56 Å². The van der Waals surface area contributed by atoms with Gasteiger partial charge in [0.05, 0.1) is 22.2 Å². The number of fused-ring (bicyclic) bond motifs is 1. The Bertz CT molecular complexity index is 1060. The molecule has 0 aliphatic heterocycles. The van der Waals surface area contributed by atoms with Gasteiger partial charge >= 0.3 is 0 Å². The van der Waals surface area contributed by atoms with Crippen molar-refractivity contribution in [3.63, 3.8) is 0 Å². The molecule has 8 heteroatoms. The average molecular weight is 384 g/mol. The lowest BCUT2D eigenvalue weighted by Crippen LogP contribution is -2.25. The van der Waals surface area contributed by atoms with Gasteiger partial charge in [-0.1, -0.05) is 23.9 Å².